The Morgan fingerprint density at radius 2 is 2.17 bits per heavy atom. The highest BCUT2D eigenvalue weighted by Crippen LogP contribution is 2.29. The van der Waals surface area contributed by atoms with Gasteiger partial charge >= 0.3 is 0 Å². The first kappa shape index (κ1) is 13.3. The molecule has 1 saturated carbocycles. The molecule has 1 aromatic heterocycles. The van der Waals surface area contributed by atoms with E-state index in [0.29, 0.717) is 16.9 Å². The van der Waals surface area contributed by atoms with Crippen LogP contribution in [0, 0.1) is 5.92 Å². The van der Waals surface area contributed by atoms with E-state index in [4.69, 9.17) is 5.73 Å². The van der Waals surface area contributed by atoms with Gasteiger partial charge in [-0.3, -0.25) is 4.79 Å². The summed E-state index contributed by atoms with van der Waals surface area (Å²) in [4.78, 5) is 18.1. The Morgan fingerprint density at radius 3 is 2.67 bits per heavy atom. The summed E-state index contributed by atoms with van der Waals surface area (Å²) in [5.41, 5.74) is 6.05. The largest absolute Gasteiger partial charge is 0.375 e. The lowest BCUT2D eigenvalue weighted by Gasteiger charge is -2.34. The maximum absolute atomic E-state index is 12.2. The molecule has 18 heavy (non-hydrogen) atoms. The lowest BCUT2D eigenvalue weighted by atomic mass is 9.84. The molecule has 2 N–H and O–H groups in total. The van der Waals surface area contributed by atoms with Crippen molar-refractivity contribution in [3.05, 3.63) is 11.1 Å². The number of nitrogens with two attached hydrogens (primary N) is 1. The average molecular weight is 267 g/mol. The van der Waals surface area contributed by atoms with Crippen molar-refractivity contribution in [2.75, 3.05) is 12.8 Å². The van der Waals surface area contributed by atoms with Gasteiger partial charge in [0.15, 0.2) is 5.13 Å². The molecule has 1 aliphatic carbocycles. The summed E-state index contributed by atoms with van der Waals surface area (Å²) in [6.07, 6.45) is 5.95. The van der Waals surface area contributed by atoms with Gasteiger partial charge in [0.25, 0.3) is 5.91 Å². The zero-order valence-corrected chi connectivity index (χ0v) is 11.9. The van der Waals surface area contributed by atoms with Gasteiger partial charge < -0.3 is 10.6 Å². The van der Waals surface area contributed by atoms with E-state index in [9.17, 15) is 4.79 Å². The molecule has 1 heterocycles. The van der Waals surface area contributed by atoms with Gasteiger partial charge in [-0.1, -0.05) is 13.3 Å². The van der Waals surface area contributed by atoms with Gasteiger partial charge in [0.05, 0.1) is 0 Å². The number of anilines is 1. The number of hydrogen-bond acceptors (Lipinski definition) is 4. The van der Waals surface area contributed by atoms with Crippen molar-refractivity contribution in [1.29, 1.82) is 0 Å². The van der Waals surface area contributed by atoms with Gasteiger partial charge in [0.2, 0.25) is 0 Å². The minimum absolute atomic E-state index is 0.00268. The van der Waals surface area contributed by atoms with Gasteiger partial charge in [-0.2, -0.15) is 0 Å². The second-order valence-corrected chi connectivity index (χ2v) is 5.96. The average Bonchev–Trinajstić information content (AvgIpc) is 2.84. The first-order chi connectivity index (χ1) is 8.61. The maximum Gasteiger partial charge on any atom is 0.273 e. The molecule has 2 rings (SSSR count). The number of thiazole rings is 1. The molecular weight excluding hydrogens is 246 g/mol. The van der Waals surface area contributed by atoms with Crippen LogP contribution in [0.1, 0.15) is 49.5 Å². The number of rotatable bonds is 3. The van der Waals surface area contributed by atoms with Crippen LogP contribution >= 0.6 is 11.3 Å². The molecule has 0 aromatic carbocycles. The lowest BCUT2D eigenvalue weighted by Crippen LogP contribution is -2.39. The topological polar surface area (TPSA) is 59.2 Å². The Labute approximate surface area is 112 Å². The highest BCUT2D eigenvalue weighted by atomic mass is 32.1. The van der Waals surface area contributed by atoms with Crippen LogP contribution in [0.15, 0.2) is 5.38 Å². The summed E-state index contributed by atoms with van der Waals surface area (Å²) in [5, 5.41) is 2.20. The third-order valence-electron chi connectivity index (χ3n) is 4.00. The number of nitrogen functional groups attached to an aromatic ring is 1. The van der Waals surface area contributed by atoms with Crippen molar-refractivity contribution in [2.45, 2.75) is 45.1 Å². The van der Waals surface area contributed by atoms with E-state index < -0.39 is 0 Å². The van der Waals surface area contributed by atoms with Gasteiger partial charge in [-0.25, -0.2) is 4.98 Å². The molecule has 5 heteroatoms. The zero-order valence-electron chi connectivity index (χ0n) is 11.1. The molecule has 0 unspecified atom stereocenters. The Morgan fingerprint density at radius 1 is 1.50 bits per heavy atom. The number of carbonyl (C=O) groups is 1. The molecule has 0 bridgehead atoms. The summed E-state index contributed by atoms with van der Waals surface area (Å²) in [5.74, 6) is 0.850. The second-order valence-electron chi connectivity index (χ2n) is 5.07. The van der Waals surface area contributed by atoms with Crippen LogP contribution < -0.4 is 5.73 Å². The van der Waals surface area contributed by atoms with E-state index in [0.717, 1.165) is 18.8 Å². The molecule has 1 fully saturated rings. The molecule has 4 nitrogen and oxygen atoms in total. The smallest absolute Gasteiger partial charge is 0.273 e. The Kier molecular flexibility index (Phi) is 4.22. The number of nitrogens with zero attached hydrogens (tertiary/aromatic N) is 2. The van der Waals surface area contributed by atoms with Gasteiger partial charge in [-0.15, -0.1) is 11.3 Å². The highest BCUT2D eigenvalue weighted by Gasteiger charge is 2.27. The highest BCUT2D eigenvalue weighted by molar-refractivity contribution is 7.13. The third-order valence-corrected chi connectivity index (χ3v) is 4.68. The van der Waals surface area contributed by atoms with E-state index in [1.54, 1.807) is 5.38 Å². The maximum atomic E-state index is 12.2. The summed E-state index contributed by atoms with van der Waals surface area (Å²) >= 11 is 1.32. The van der Waals surface area contributed by atoms with Crippen LogP contribution in [0.25, 0.3) is 0 Å². The molecule has 0 saturated heterocycles. The fourth-order valence-corrected chi connectivity index (χ4v) is 3.21. The molecular formula is C13H21N3OS. The minimum Gasteiger partial charge on any atom is -0.375 e. The molecule has 100 valence electrons. The Hall–Kier alpha value is -1.10. The fourth-order valence-electron chi connectivity index (χ4n) is 2.67. The van der Waals surface area contributed by atoms with Crippen molar-refractivity contribution in [3.63, 3.8) is 0 Å². The number of aromatic nitrogens is 1. The standard InChI is InChI=1S/C13H21N3OS/c1-3-9-4-6-10(7-5-9)16(2)12(17)11-8-18-13(14)15-11/h8-10H,3-7H2,1-2H3,(H2,14,15). The van der Waals surface area contributed by atoms with Crippen LogP contribution in [-0.2, 0) is 0 Å². The number of hydrogen-bond donors (Lipinski definition) is 1. The molecule has 1 amide bonds. The number of carbonyl (C=O) groups excluding carboxylic acids is 1. The quantitative estimate of drug-likeness (QED) is 0.916. The normalized spacial score (nSPS) is 23.9. The van der Waals surface area contributed by atoms with Crippen LogP contribution in [0.3, 0.4) is 0 Å². The van der Waals surface area contributed by atoms with E-state index in [1.165, 1.54) is 30.6 Å². The van der Waals surface area contributed by atoms with Crippen molar-refractivity contribution in [1.82, 2.24) is 9.88 Å². The van der Waals surface area contributed by atoms with Gasteiger partial charge in [-0.05, 0) is 31.6 Å². The second kappa shape index (κ2) is 5.69. The number of amides is 1. The van der Waals surface area contributed by atoms with Crippen molar-refractivity contribution < 1.29 is 4.79 Å². The van der Waals surface area contributed by atoms with Crippen LogP contribution in [0.4, 0.5) is 5.13 Å². The molecule has 1 aliphatic rings. The van der Waals surface area contributed by atoms with E-state index in [-0.39, 0.29) is 5.91 Å². The fraction of sp³-hybridized carbons (Fsp3) is 0.692. The van der Waals surface area contributed by atoms with E-state index >= 15 is 0 Å². The van der Waals surface area contributed by atoms with Crippen molar-refractivity contribution in [3.8, 4) is 0 Å². The Balaban J connectivity index is 1.95. The van der Waals surface area contributed by atoms with Crippen LogP contribution in [0.5, 0.6) is 0 Å². The predicted molar refractivity (Wildman–Crippen MR) is 74.7 cm³/mol. The van der Waals surface area contributed by atoms with E-state index in [1.807, 2.05) is 11.9 Å². The monoisotopic (exact) mass is 267 g/mol. The van der Waals surface area contributed by atoms with E-state index in [2.05, 4.69) is 11.9 Å². The molecule has 0 radical (unpaired) electrons. The minimum atomic E-state index is 0.00268. The predicted octanol–water partition coefficient (Wildman–Crippen LogP) is 2.77. The van der Waals surface area contributed by atoms with Gasteiger partial charge in [0, 0.05) is 18.5 Å². The molecule has 0 spiro atoms. The first-order valence-corrected chi connectivity index (χ1v) is 7.48. The molecule has 0 aliphatic heterocycles. The van der Waals surface area contributed by atoms with Crippen molar-refractivity contribution in [2.24, 2.45) is 5.92 Å². The summed E-state index contributed by atoms with van der Waals surface area (Å²) < 4.78 is 0. The molecule has 0 atom stereocenters. The zero-order chi connectivity index (χ0) is 13.1. The summed E-state index contributed by atoms with van der Waals surface area (Å²) in [6.45, 7) is 2.25. The van der Waals surface area contributed by atoms with Crippen LogP contribution in [0.2, 0.25) is 0 Å². The summed E-state index contributed by atoms with van der Waals surface area (Å²) in [7, 11) is 1.88. The molecule has 1 aromatic rings. The van der Waals surface area contributed by atoms with Crippen molar-refractivity contribution >= 4 is 22.4 Å². The SMILES string of the molecule is CCC1CCC(N(C)C(=O)c2csc(N)n2)CC1. The third kappa shape index (κ3) is 2.83. The lowest BCUT2D eigenvalue weighted by molar-refractivity contribution is 0.0669. The first-order valence-electron chi connectivity index (χ1n) is 6.60. The van der Waals surface area contributed by atoms with Gasteiger partial charge in [0.1, 0.15) is 5.69 Å². The summed E-state index contributed by atoms with van der Waals surface area (Å²) in [6, 6.07) is 0.364. The Bertz CT molecular complexity index is 410. The van der Waals surface area contributed by atoms with Crippen LogP contribution in [-0.4, -0.2) is 28.9 Å².